The number of thioether (sulfide) groups is 1. The van der Waals surface area contributed by atoms with E-state index in [1.54, 1.807) is 17.9 Å². The van der Waals surface area contributed by atoms with Crippen molar-refractivity contribution >= 4 is 23.7 Å². The molecule has 7 heteroatoms. The minimum atomic E-state index is -0.403. The first kappa shape index (κ1) is 25.3. The Morgan fingerprint density at radius 3 is 2.62 bits per heavy atom. The van der Waals surface area contributed by atoms with E-state index in [2.05, 4.69) is 24.4 Å². The highest BCUT2D eigenvalue weighted by Crippen LogP contribution is 2.28. The lowest BCUT2D eigenvalue weighted by Crippen LogP contribution is -2.26. The molecule has 34 heavy (non-hydrogen) atoms. The molecule has 1 aromatic heterocycles. The predicted molar refractivity (Wildman–Crippen MR) is 138 cm³/mol. The molecule has 0 radical (unpaired) electrons. The molecule has 0 aliphatic rings. The third-order valence-corrected chi connectivity index (χ3v) is 6.23. The summed E-state index contributed by atoms with van der Waals surface area (Å²) >= 11 is 1.84. The van der Waals surface area contributed by atoms with Crippen LogP contribution in [0.5, 0.6) is 0 Å². The van der Waals surface area contributed by atoms with Crippen LogP contribution in [-0.2, 0) is 9.53 Å². The highest BCUT2D eigenvalue weighted by molar-refractivity contribution is 7.99. The summed E-state index contributed by atoms with van der Waals surface area (Å²) in [6, 6.07) is 20.1. The second-order valence-electron chi connectivity index (χ2n) is 7.71. The molecule has 0 unspecified atom stereocenters. The largest absolute Gasteiger partial charge is 0.385 e. The van der Waals surface area contributed by atoms with E-state index in [9.17, 15) is 10.1 Å². The Labute approximate surface area is 205 Å². The number of para-hydroxylation sites is 1. The van der Waals surface area contributed by atoms with Crippen LogP contribution in [-0.4, -0.2) is 41.7 Å². The Hall–Kier alpha value is -3.34. The van der Waals surface area contributed by atoms with Crippen LogP contribution < -0.4 is 5.32 Å². The van der Waals surface area contributed by atoms with Gasteiger partial charge < -0.3 is 10.1 Å². The first-order valence-corrected chi connectivity index (χ1v) is 12.4. The average molecular weight is 475 g/mol. The van der Waals surface area contributed by atoms with Gasteiger partial charge in [-0.3, -0.25) is 4.79 Å². The fourth-order valence-corrected chi connectivity index (χ4v) is 4.29. The maximum Gasteiger partial charge on any atom is 0.261 e. The van der Waals surface area contributed by atoms with Crippen molar-refractivity contribution in [2.24, 2.45) is 0 Å². The zero-order chi connectivity index (χ0) is 24.2. The van der Waals surface area contributed by atoms with Gasteiger partial charge >= 0.3 is 0 Å². The summed E-state index contributed by atoms with van der Waals surface area (Å²) in [7, 11) is 1.62. The number of hydrogen-bond donors (Lipinski definition) is 1. The molecule has 0 bridgehead atoms. The van der Waals surface area contributed by atoms with Crippen LogP contribution in [0.15, 0.2) is 71.3 Å². The zero-order valence-electron chi connectivity index (χ0n) is 19.7. The first-order chi connectivity index (χ1) is 16.7. The Balaban J connectivity index is 1.92. The summed E-state index contributed by atoms with van der Waals surface area (Å²) in [5, 5.41) is 17.2. The molecule has 1 amide bonds. The number of carbonyl (C=O) groups excluding carboxylic acids is 1. The number of nitrogens with one attached hydrogen (secondary N) is 1. The number of rotatable bonds is 12. The van der Waals surface area contributed by atoms with Crippen LogP contribution in [0.3, 0.4) is 0 Å². The van der Waals surface area contributed by atoms with E-state index in [-0.39, 0.29) is 5.57 Å². The van der Waals surface area contributed by atoms with Crippen molar-refractivity contribution in [3.05, 3.63) is 71.9 Å². The quantitative estimate of drug-likeness (QED) is 0.162. The molecule has 176 valence electrons. The van der Waals surface area contributed by atoms with E-state index in [1.807, 2.05) is 66.5 Å². The van der Waals surface area contributed by atoms with Crippen molar-refractivity contribution in [3.63, 3.8) is 0 Å². The monoisotopic (exact) mass is 474 g/mol. The predicted octanol–water partition coefficient (Wildman–Crippen LogP) is 5.49. The molecule has 2 aromatic carbocycles. The molecule has 1 N–H and O–H groups in total. The minimum absolute atomic E-state index is 0.0398. The summed E-state index contributed by atoms with van der Waals surface area (Å²) in [6.07, 6.45) is 6.51. The van der Waals surface area contributed by atoms with E-state index in [1.165, 1.54) is 17.7 Å². The number of aromatic nitrogens is 2. The smallest absolute Gasteiger partial charge is 0.261 e. The molecule has 0 saturated carbocycles. The van der Waals surface area contributed by atoms with Crippen LogP contribution >= 0.6 is 11.8 Å². The van der Waals surface area contributed by atoms with Crippen LogP contribution in [0.2, 0.25) is 0 Å². The molecule has 0 saturated heterocycles. The Kier molecular flexibility index (Phi) is 9.96. The third kappa shape index (κ3) is 7.08. The number of unbranched alkanes of at least 4 members (excludes halogenated alkanes) is 1. The molecule has 1 heterocycles. The van der Waals surface area contributed by atoms with Crippen molar-refractivity contribution in [1.82, 2.24) is 15.1 Å². The van der Waals surface area contributed by atoms with E-state index in [4.69, 9.17) is 9.84 Å². The lowest BCUT2D eigenvalue weighted by atomic mass is 10.1. The average Bonchev–Trinajstić information content (AvgIpc) is 3.30. The minimum Gasteiger partial charge on any atom is -0.385 e. The maximum atomic E-state index is 12.6. The Morgan fingerprint density at radius 1 is 1.18 bits per heavy atom. The number of hydrogen-bond acceptors (Lipinski definition) is 5. The van der Waals surface area contributed by atoms with Crippen molar-refractivity contribution in [2.75, 3.05) is 26.0 Å². The van der Waals surface area contributed by atoms with Crippen molar-refractivity contribution < 1.29 is 9.53 Å². The van der Waals surface area contributed by atoms with E-state index in [0.717, 1.165) is 17.0 Å². The SMILES string of the molecule is CCCCSc1ccc(-c2nn(-c3ccccc3)cc2/C=C(\C#N)C(=O)NCCCOC)cc1. The molecule has 0 fully saturated rings. The van der Waals surface area contributed by atoms with Gasteiger partial charge in [-0.25, -0.2) is 4.68 Å². The van der Waals surface area contributed by atoms with Gasteiger partial charge in [-0.15, -0.1) is 11.8 Å². The molecule has 0 atom stereocenters. The van der Waals surface area contributed by atoms with Gasteiger partial charge in [0, 0.05) is 42.5 Å². The summed E-state index contributed by atoms with van der Waals surface area (Å²) in [5.41, 5.74) is 3.29. The van der Waals surface area contributed by atoms with E-state index < -0.39 is 5.91 Å². The van der Waals surface area contributed by atoms with Gasteiger partial charge in [0.05, 0.1) is 11.4 Å². The Morgan fingerprint density at radius 2 is 1.94 bits per heavy atom. The molecule has 0 aliphatic heterocycles. The van der Waals surface area contributed by atoms with Gasteiger partial charge in [0.25, 0.3) is 5.91 Å². The van der Waals surface area contributed by atoms with Crippen molar-refractivity contribution in [1.29, 1.82) is 5.26 Å². The fourth-order valence-electron chi connectivity index (χ4n) is 3.29. The summed E-state index contributed by atoms with van der Waals surface area (Å²) in [5.74, 6) is 0.692. The van der Waals surface area contributed by atoms with Crippen LogP contribution in [0.1, 0.15) is 31.7 Å². The maximum absolute atomic E-state index is 12.6. The lowest BCUT2D eigenvalue weighted by Gasteiger charge is -2.05. The molecule has 6 nitrogen and oxygen atoms in total. The number of amides is 1. The molecular formula is C27H30N4O2S. The second kappa shape index (κ2) is 13.4. The van der Waals surface area contributed by atoms with E-state index in [0.29, 0.717) is 30.8 Å². The van der Waals surface area contributed by atoms with Crippen LogP contribution in [0, 0.1) is 11.3 Å². The van der Waals surface area contributed by atoms with Gasteiger partial charge in [-0.05, 0) is 48.9 Å². The number of nitrogens with zero attached hydrogens (tertiary/aromatic N) is 3. The first-order valence-electron chi connectivity index (χ1n) is 11.4. The van der Waals surface area contributed by atoms with Crippen LogP contribution in [0.4, 0.5) is 0 Å². The standard InChI is InChI=1S/C27H30N4O2S/c1-3-4-17-34-25-13-11-21(12-14-25)26-23(20-31(30-26)24-9-6-5-7-10-24)18-22(19-28)27(32)29-15-8-16-33-2/h5-7,9-14,18,20H,3-4,8,15-17H2,1-2H3,(H,29,32)/b22-18+. The van der Waals surface area contributed by atoms with Gasteiger partial charge in [-0.1, -0.05) is 43.7 Å². The molecule has 0 aliphatic carbocycles. The highest BCUT2D eigenvalue weighted by Gasteiger charge is 2.15. The molecule has 3 aromatic rings. The highest BCUT2D eigenvalue weighted by atomic mass is 32.2. The molecular weight excluding hydrogens is 444 g/mol. The number of carbonyl (C=O) groups is 1. The van der Waals surface area contributed by atoms with Crippen molar-refractivity contribution in [2.45, 2.75) is 31.1 Å². The van der Waals surface area contributed by atoms with Gasteiger partial charge in [0.1, 0.15) is 11.6 Å². The number of ether oxygens (including phenoxy) is 1. The van der Waals surface area contributed by atoms with Crippen molar-refractivity contribution in [3.8, 4) is 23.0 Å². The van der Waals surface area contributed by atoms with Crippen LogP contribution in [0.25, 0.3) is 23.0 Å². The number of methoxy groups -OCH3 is 1. The summed E-state index contributed by atoms with van der Waals surface area (Å²) in [4.78, 5) is 13.8. The lowest BCUT2D eigenvalue weighted by molar-refractivity contribution is -0.117. The second-order valence-corrected chi connectivity index (χ2v) is 8.88. The van der Waals surface area contributed by atoms with Gasteiger partial charge in [-0.2, -0.15) is 10.4 Å². The molecule has 3 rings (SSSR count). The van der Waals surface area contributed by atoms with E-state index >= 15 is 0 Å². The number of nitriles is 1. The van der Waals surface area contributed by atoms with Gasteiger partial charge in [0.2, 0.25) is 0 Å². The fraction of sp³-hybridized carbons (Fsp3) is 0.296. The van der Waals surface area contributed by atoms with Gasteiger partial charge in [0.15, 0.2) is 0 Å². The Bertz CT molecular complexity index is 1130. The topological polar surface area (TPSA) is 79.9 Å². The number of benzene rings is 2. The summed E-state index contributed by atoms with van der Waals surface area (Å²) in [6.45, 7) is 3.18. The normalized spacial score (nSPS) is 11.3. The third-order valence-electron chi connectivity index (χ3n) is 5.13. The zero-order valence-corrected chi connectivity index (χ0v) is 20.5. The molecule has 0 spiro atoms. The summed E-state index contributed by atoms with van der Waals surface area (Å²) < 4.78 is 6.78.